The molecule has 2 N–H and O–H groups in total. The summed E-state index contributed by atoms with van der Waals surface area (Å²) in [5.74, 6) is 0.0468. The minimum atomic E-state index is -0.660. The second-order valence-corrected chi connectivity index (χ2v) is 5.11. The molecule has 2 aromatic carbocycles. The van der Waals surface area contributed by atoms with Crippen molar-refractivity contribution in [3.8, 4) is 0 Å². The zero-order valence-electron chi connectivity index (χ0n) is 12.6. The summed E-state index contributed by atoms with van der Waals surface area (Å²) < 4.78 is 5.51. The number of nitrogens with zero attached hydrogens (tertiary/aromatic N) is 1. The molecular weight excluding hydrogens is 292 g/mol. The molecule has 0 spiro atoms. The quantitative estimate of drug-likeness (QED) is 0.723. The van der Waals surface area contributed by atoms with Crippen molar-refractivity contribution in [1.29, 1.82) is 0 Å². The van der Waals surface area contributed by atoms with Crippen molar-refractivity contribution in [2.45, 2.75) is 13.0 Å². The number of hydrogen-bond donors (Lipinski definition) is 2. The van der Waals surface area contributed by atoms with Gasteiger partial charge in [-0.15, -0.1) is 0 Å². The predicted molar refractivity (Wildman–Crippen MR) is 88.7 cm³/mol. The van der Waals surface area contributed by atoms with Crippen molar-refractivity contribution >= 4 is 28.8 Å². The molecule has 1 atom stereocenters. The average Bonchev–Trinajstić information content (AvgIpc) is 2.96. The van der Waals surface area contributed by atoms with E-state index in [-0.39, 0.29) is 5.91 Å². The van der Waals surface area contributed by atoms with Gasteiger partial charge in [0, 0.05) is 23.4 Å². The van der Waals surface area contributed by atoms with Gasteiger partial charge in [-0.3, -0.25) is 4.79 Å². The number of hydrogen-bond acceptors (Lipinski definition) is 4. The lowest BCUT2D eigenvalue weighted by molar-refractivity contribution is -0.111. The Hall–Kier alpha value is -2.92. The van der Waals surface area contributed by atoms with Crippen LogP contribution in [0.4, 0.5) is 5.69 Å². The lowest BCUT2D eigenvalue weighted by Crippen LogP contribution is -2.10. The largest absolute Gasteiger partial charge is 0.437 e. The van der Waals surface area contributed by atoms with E-state index in [0.29, 0.717) is 22.7 Å². The van der Waals surface area contributed by atoms with E-state index in [9.17, 15) is 9.90 Å². The molecule has 0 saturated carbocycles. The van der Waals surface area contributed by atoms with Crippen molar-refractivity contribution in [3.63, 3.8) is 0 Å². The summed E-state index contributed by atoms with van der Waals surface area (Å²) >= 11 is 0. The van der Waals surface area contributed by atoms with Crippen LogP contribution in [0, 0.1) is 0 Å². The molecule has 5 nitrogen and oxygen atoms in total. The van der Waals surface area contributed by atoms with Crippen molar-refractivity contribution in [1.82, 2.24) is 4.98 Å². The molecule has 0 aliphatic carbocycles. The van der Waals surface area contributed by atoms with E-state index in [0.717, 1.165) is 5.52 Å². The Kier molecular flexibility index (Phi) is 4.21. The summed E-state index contributed by atoms with van der Waals surface area (Å²) in [5.41, 5.74) is 2.66. The number of oxazole rings is 1. The van der Waals surface area contributed by atoms with Crippen LogP contribution in [0.15, 0.2) is 59.0 Å². The Morgan fingerprint density at radius 2 is 1.96 bits per heavy atom. The smallest absolute Gasteiger partial charge is 0.248 e. The SMILES string of the molecule is CC(O)c1ccccc1NC(=O)/C=C/c1nc2ccccc2o1. The molecule has 1 heterocycles. The number of carbonyl (C=O) groups is 1. The lowest BCUT2D eigenvalue weighted by atomic mass is 10.1. The molecule has 1 amide bonds. The van der Waals surface area contributed by atoms with Crippen molar-refractivity contribution in [2.24, 2.45) is 0 Å². The maximum Gasteiger partial charge on any atom is 0.248 e. The van der Waals surface area contributed by atoms with Gasteiger partial charge in [-0.1, -0.05) is 30.3 Å². The number of aromatic nitrogens is 1. The van der Waals surface area contributed by atoms with Crippen LogP contribution in [-0.4, -0.2) is 16.0 Å². The van der Waals surface area contributed by atoms with Crippen LogP contribution in [0.25, 0.3) is 17.2 Å². The molecule has 0 aliphatic heterocycles. The zero-order chi connectivity index (χ0) is 16.2. The summed E-state index contributed by atoms with van der Waals surface area (Å²) in [4.78, 5) is 16.3. The maximum absolute atomic E-state index is 12.0. The van der Waals surface area contributed by atoms with Crippen LogP contribution < -0.4 is 5.32 Å². The van der Waals surface area contributed by atoms with E-state index >= 15 is 0 Å². The molecule has 0 saturated heterocycles. The minimum absolute atomic E-state index is 0.319. The Bertz CT molecular complexity index is 832. The molecule has 5 heteroatoms. The van der Waals surface area contributed by atoms with Gasteiger partial charge in [-0.05, 0) is 25.1 Å². The van der Waals surface area contributed by atoms with Crippen LogP contribution in [0.3, 0.4) is 0 Å². The van der Waals surface area contributed by atoms with Gasteiger partial charge in [0.15, 0.2) is 5.58 Å². The van der Waals surface area contributed by atoms with Crippen LogP contribution in [0.1, 0.15) is 24.5 Å². The third-order valence-electron chi connectivity index (χ3n) is 3.36. The van der Waals surface area contributed by atoms with E-state index in [4.69, 9.17) is 4.42 Å². The van der Waals surface area contributed by atoms with Gasteiger partial charge < -0.3 is 14.8 Å². The summed E-state index contributed by atoms with van der Waals surface area (Å²) in [5, 5.41) is 12.5. The Balaban J connectivity index is 1.74. The van der Waals surface area contributed by atoms with Crippen molar-refractivity contribution in [3.05, 3.63) is 66.1 Å². The molecule has 1 unspecified atom stereocenters. The van der Waals surface area contributed by atoms with Crippen LogP contribution in [0.2, 0.25) is 0 Å². The number of fused-ring (bicyclic) bond motifs is 1. The summed E-state index contributed by atoms with van der Waals surface area (Å²) in [7, 11) is 0. The number of anilines is 1. The number of para-hydroxylation sites is 3. The minimum Gasteiger partial charge on any atom is -0.437 e. The summed E-state index contributed by atoms with van der Waals surface area (Å²) in [6.07, 6.45) is 2.21. The fraction of sp³-hybridized carbons (Fsp3) is 0.111. The van der Waals surface area contributed by atoms with Gasteiger partial charge in [-0.2, -0.15) is 0 Å². The number of benzene rings is 2. The lowest BCUT2D eigenvalue weighted by Gasteiger charge is -2.11. The number of rotatable bonds is 4. The van der Waals surface area contributed by atoms with E-state index in [1.54, 1.807) is 25.1 Å². The number of amides is 1. The highest BCUT2D eigenvalue weighted by Gasteiger charge is 2.09. The molecule has 116 valence electrons. The Labute approximate surface area is 133 Å². The van der Waals surface area contributed by atoms with Gasteiger partial charge in [0.1, 0.15) is 5.52 Å². The standard InChI is InChI=1S/C18H16N2O3/c1-12(21)13-6-2-3-7-14(13)19-17(22)10-11-18-20-15-8-4-5-9-16(15)23-18/h2-12,21H,1H3,(H,19,22)/b11-10+. The van der Waals surface area contributed by atoms with Crippen molar-refractivity contribution < 1.29 is 14.3 Å². The number of aliphatic hydroxyl groups is 1. The highest BCUT2D eigenvalue weighted by atomic mass is 16.3. The average molecular weight is 308 g/mol. The first kappa shape index (κ1) is 15.0. The second-order valence-electron chi connectivity index (χ2n) is 5.11. The highest BCUT2D eigenvalue weighted by molar-refractivity contribution is 6.02. The number of carbonyl (C=O) groups excluding carboxylic acids is 1. The molecule has 3 rings (SSSR count). The van der Waals surface area contributed by atoms with E-state index in [1.807, 2.05) is 30.3 Å². The van der Waals surface area contributed by atoms with Gasteiger partial charge in [0.05, 0.1) is 6.10 Å². The first-order valence-electron chi connectivity index (χ1n) is 7.25. The van der Waals surface area contributed by atoms with Gasteiger partial charge in [0.2, 0.25) is 11.8 Å². The number of nitrogens with one attached hydrogen (secondary N) is 1. The van der Waals surface area contributed by atoms with Crippen LogP contribution in [0.5, 0.6) is 0 Å². The second kappa shape index (κ2) is 6.46. The fourth-order valence-corrected chi connectivity index (χ4v) is 2.26. The van der Waals surface area contributed by atoms with E-state index in [1.165, 1.54) is 12.2 Å². The molecule has 1 aromatic heterocycles. The molecule has 0 bridgehead atoms. The summed E-state index contributed by atoms with van der Waals surface area (Å²) in [6.45, 7) is 1.65. The molecule has 23 heavy (non-hydrogen) atoms. The zero-order valence-corrected chi connectivity index (χ0v) is 12.6. The predicted octanol–water partition coefficient (Wildman–Crippen LogP) is 3.53. The van der Waals surface area contributed by atoms with Crippen LogP contribution in [-0.2, 0) is 4.79 Å². The fourth-order valence-electron chi connectivity index (χ4n) is 2.26. The number of aliphatic hydroxyl groups excluding tert-OH is 1. The molecule has 0 radical (unpaired) electrons. The Morgan fingerprint density at radius 1 is 1.22 bits per heavy atom. The third kappa shape index (κ3) is 3.46. The van der Waals surface area contributed by atoms with E-state index < -0.39 is 6.10 Å². The maximum atomic E-state index is 12.0. The van der Waals surface area contributed by atoms with E-state index in [2.05, 4.69) is 10.3 Å². The summed E-state index contributed by atoms with van der Waals surface area (Å²) in [6, 6.07) is 14.5. The molecule has 0 fully saturated rings. The van der Waals surface area contributed by atoms with Gasteiger partial charge in [0.25, 0.3) is 0 Å². The molecule has 0 aliphatic rings. The monoisotopic (exact) mass is 308 g/mol. The third-order valence-corrected chi connectivity index (χ3v) is 3.36. The first-order valence-corrected chi connectivity index (χ1v) is 7.25. The molecule has 3 aromatic rings. The van der Waals surface area contributed by atoms with Crippen molar-refractivity contribution in [2.75, 3.05) is 5.32 Å². The van der Waals surface area contributed by atoms with Gasteiger partial charge in [-0.25, -0.2) is 4.98 Å². The first-order chi connectivity index (χ1) is 11.1. The van der Waals surface area contributed by atoms with Gasteiger partial charge >= 0.3 is 0 Å². The Morgan fingerprint density at radius 3 is 2.74 bits per heavy atom. The molecular formula is C18H16N2O3. The normalized spacial score (nSPS) is 12.6. The van der Waals surface area contributed by atoms with Crippen LogP contribution >= 0.6 is 0 Å². The highest BCUT2D eigenvalue weighted by Crippen LogP contribution is 2.22. The topological polar surface area (TPSA) is 75.4 Å².